The molecule has 0 saturated heterocycles. The van der Waals surface area contributed by atoms with Crippen LogP contribution in [0.25, 0.3) is 33.1 Å². The number of halogens is 1. The third-order valence-corrected chi connectivity index (χ3v) is 4.70. The number of fused-ring (bicyclic) bond motifs is 3. The second kappa shape index (κ2) is 6.33. The zero-order chi connectivity index (χ0) is 17.4. The lowest BCUT2D eigenvalue weighted by atomic mass is 10.0. The Labute approximate surface area is 153 Å². The third kappa shape index (κ3) is 2.70. The van der Waals surface area contributed by atoms with E-state index in [1.54, 1.807) is 20.4 Å². The van der Waals surface area contributed by atoms with E-state index in [0.717, 1.165) is 37.5 Å². The molecule has 0 fully saturated rings. The molecule has 0 aliphatic rings. The molecular weight excluding hydrogens is 380 g/mol. The van der Waals surface area contributed by atoms with Gasteiger partial charge >= 0.3 is 0 Å². The van der Waals surface area contributed by atoms with Gasteiger partial charge in [0.2, 0.25) is 0 Å². The Balaban J connectivity index is 2.14. The maximum atomic E-state index is 5.49. The molecule has 2 aromatic carbocycles. The lowest BCUT2D eigenvalue weighted by molar-refractivity contribution is 0.356. The highest BCUT2D eigenvalue weighted by molar-refractivity contribution is 9.10. The van der Waals surface area contributed by atoms with Gasteiger partial charge in [-0.1, -0.05) is 28.1 Å². The minimum absolute atomic E-state index is 0.672. The highest BCUT2D eigenvalue weighted by Crippen LogP contribution is 2.39. The van der Waals surface area contributed by atoms with Crippen LogP contribution in [0.1, 0.15) is 0 Å². The van der Waals surface area contributed by atoms with Gasteiger partial charge in [0.15, 0.2) is 11.5 Å². The van der Waals surface area contributed by atoms with Crippen LogP contribution in [0.5, 0.6) is 11.5 Å². The van der Waals surface area contributed by atoms with Gasteiger partial charge in [0.25, 0.3) is 0 Å². The standard InChI is InChI=1S/C20H15BrN2O2/c1-24-17-10-14-15(11-18(17)25-2)20-16(4-3-9-22-20)23-19(14)12-5-7-13(21)8-6-12/h3-11H,1-2H3. The first-order valence-corrected chi connectivity index (χ1v) is 8.57. The fourth-order valence-corrected chi connectivity index (χ4v) is 3.24. The average molecular weight is 395 g/mol. The van der Waals surface area contributed by atoms with E-state index >= 15 is 0 Å². The van der Waals surface area contributed by atoms with E-state index in [4.69, 9.17) is 14.5 Å². The highest BCUT2D eigenvalue weighted by atomic mass is 79.9. The molecule has 0 aliphatic carbocycles. The summed E-state index contributed by atoms with van der Waals surface area (Å²) in [6, 6.07) is 15.9. The molecular formula is C20H15BrN2O2. The Kier molecular flexibility index (Phi) is 4.01. The van der Waals surface area contributed by atoms with Crippen LogP contribution in [-0.2, 0) is 0 Å². The van der Waals surface area contributed by atoms with Crippen molar-refractivity contribution in [3.63, 3.8) is 0 Å². The number of pyridine rings is 2. The van der Waals surface area contributed by atoms with Crippen LogP contribution in [0.3, 0.4) is 0 Å². The van der Waals surface area contributed by atoms with Gasteiger partial charge in [-0.05, 0) is 36.4 Å². The van der Waals surface area contributed by atoms with Crippen molar-refractivity contribution in [3.05, 3.63) is 59.2 Å². The van der Waals surface area contributed by atoms with Crippen LogP contribution in [-0.4, -0.2) is 24.2 Å². The first kappa shape index (κ1) is 15.8. The molecule has 5 heteroatoms. The minimum Gasteiger partial charge on any atom is -0.493 e. The smallest absolute Gasteiger partial charge is 0.161 e. The van der Waals surface area contributed by atoms with Crippen molar-refractivity contribution in [1.82, 2.24) is 9.97 Å². The van der Waals surface area contributed by atoms with Gasteiger partial charge in [-0.25, -0.2) is 4.98 Å². The van der Waals surface area contributed by atoms with Crippen molar-refractivity contribution in [3.8, 4) is 22.8 Å². The molecule has 0 spiro atoms. The average Bonchev–Trinajstić information content (AvgIpc) is 2.67. The molecule has 0 unspecified atom stereocenters. The summed E-state index contributed by atoms with van der Waals surface area (Å²) in [7, 11) is 3.27. The van der Waals surface area contributed by atoms with Crippen LogP contribution < -0.4 is 9.47 Å². The Hall–Kier alpha value is -2.66. The molecule has 4 nitrogen and oxygen atoms in total. The third-order valence-electron chi connectivity index (χ3n) is 4.17. The summed E-state index contributed by atoms with van der Waals surface area (Å²) in [5.41, 5.74) is 3.62. The molecule has 124 valence electrons. The van der Waals surface area contributed by atoms with E-state index in [0.29, 0.717) is 11.5 Å². The second-order valence-corrected chi connectivity index (χ2v) is 6.51. The Morgan fingerprint density at radius 1 is 0.880 bits per heavy atom. The van der Waals surface area contributed by atoms with E-state index in [-0.39, 0.29) is 0 Å². The molecule has 4 rings (SSSR count). The molecule has 0 amide bonds. The predicted octanol–water partition coefficient (Wildman–Crippen LogP) is 5.23. The van der Waals surface area contributed by atoms with Crippen LogP contribution in [0.4, 0.5) is 0 Å². The van der Waals surface area contributed by atoms with Crippen LogP contribution in [0.2, 0.25) is 0 Å². The fraction of sp³-hybridized carbons (Fsp3) is 0.100. The number of methoxy groups -OCH3 is 2. The molecule has 0 bridgehead atoms. The zero-order valence-electron chi connectivity index (χ0n) is 13.8. The normalized spacial score (nSPS) is 11.0. The van der Waals surface area contributed by atoms with Gasteiger partial charge in [0.05, 0.1) is 30.9 Å². The van der Waals surface area contributed by atoms with E-state index in [2.05, 4.69) is 20.9 Å². The van der Waals surface area contributed by atoms with Gasteiger partial charge in [0, 0.05) is 27.0 Å². The lowest BCUT2D eigenvalue weighted by Gasteiger charge is -2.13. The number of ether oxygens (including phenoxy) is 2. The maximum absolute atomic E-state index is 5.49. The molecule has 0 saturated carbocycles. The number of benzene rings is 2. The van der Waals surface area contributed by atoms with Gasteiger partial charge in [-0.15, -0.1) is 0 Å². The molecule has 25 heavy (non-hydrogen) atoms. The topological polar surface area (TPSA) is 44.2 Å². The SMILES string of the molecule is COc1cc2c(-c3ccc(Br)cc3)nc3cccnc3c2cc1OC. The van der Waals surface area contributed by atoms with Crippen molar-refractivity contribution < 1.29 is 9.47 Å². The zero-order valence-corrected chi connectivity index (χ0v) is 15.4. The van der Waals surface area contributed by atoms with E-state index in [1.165, 1.54) is 0 Å². The second-order valence-electron chi connectivity index (χ2n) is 5.59. The van der Waals surface area contributed by atoms with Crippen LogP contribution >= 0.6 is 15.9 Å². The van der Waals surface area contributed by atoms with E-state index in [9.17, 15) is 0 Å². The number of hydrogen-bond donors (Lipinski definition) is 0. The fourth-order valence-electron chi connectivity index (χ4n) is 2.97. The minimum atomic E-state index is 0.672. The molecule has 0 atom stereocenters. The summed E-state index contributed by atoms with van der Waals surface area (Å²) in [4.78, 5) is 9.38. The molecule has 2 heterocycles. The maximum Gasteiger partial charge on any atom is 0.161 e. The first-order valence-electron chi connectivity index (χ1n) is 7.77. The quantitative estimate of drug-likeness (QED) is 0.446. The molecule has 0 radical (unpaired) electrons. The van der Waals surface area contributed by atoms with Crippen LogP contribution in [0, 0.1) is 0 Å². The van der Waals surface area contributed by atoms with Crippen molar-refractivity contribution in [2.45, 2.75) is 0 Å². The number of hydrogen-bond acceptors (Lipinski definition) is 4. The van der Waals surface area contributed by atoms with Crippen molar-refractivity contribution in [1.29, 1.82) is 0 Å². The monoisotopic (exact) mass is 394 g/mol. The van der Waals surface area contributed by atoms with Gasteiger partial charge in [0.1, 0.15) is 0 Å². The summed E-state index contributed by atoms with van der Waals surface area (Å²) in [6.45, 7) is 0. The highest BCUT2D eigenvalue weighted by Gasteiger charge is 2.15. The summed E-state index contributed by atoms with van der Waals surface area (Å²) >= 11 is 3.48. The molecule has 0 aliphatic heterocycles. The van der Waals surface area contributed by atoms with Gasteiger partial charge in [-0.2, -0.15) is 0 Å². The van der Waals surface area contributed by atoms with E-state index < -0.39 is 0 Å². The predicted molar refractivity (Wildman–Crippen MR) is 103 cm³/mol. The van der Waals surface area contributed by atoms with Crippen molar-refractivity contribution >= 4 is 37.7 Å². The van der Waals surface area contributed by atoms with Crippen molar-refractivity contribution in [2.75, 3.05) is 14.2 Å². The molecule has 4 aromatic rings. The Bertz CT molecular complexity index is 1080. The Morgan fingerprint density at radius 3 is 2.24 bits per heavy atom. The number of aromatic nitrogens is 2. The van der Waals surface area contributed by atoms with Gasteiger partial charge in [-0.3, -0.25) is 4.98 Å². The summed E-state index contributed by atoms with van der Waals surface area (Å²) in [6.07, 6.45) is 1.78. The lowest BCUT2D eigenvalue weighted by Crippen LogP contribution is -1.95. The summed E-state index contributed by atoms with van der Waals surface area (Å²) in [5.74, 6) is 1.35. The van der Waals surface area contributed by atoms with Crippen molar-refractivity contribution in [2.24, 2.45) is 0 Å². The first-order chi connectivity index (χ1) is 12.2. The van der Waals surface area contributed by atoms with Crippen LogP contribution in [0.15, 0.2) is 59.2 Å². The largest absolute Gasteiger partial charge is 0.493 e. The summed E-state index contributed by atoms with van der Waals surface area (Å²) < 4.78 is 12.0. The molecule has 2 aromatic heterocycles. The summed E-state index contributed by atoms with van der Waals surface area (Å²) in [5, 5.41) is 1.97. The van der Waals surface area contributed by atoms with E-state index in [1.807, 2.05) is 48.5 Å². The van der Waals surface area contributed by atoms with Gasteiger partial charge < -0.3 is 9.47 Å². The Morgan fingerprint density at radius 2 is 1.56 bits per heavy atom. The number of rotatable bonds is 3. The molecule has 0 N–H and O–H groups in total. The number of nitrogens with zero attached hydrogens (tertiary/aromatic N) is 2.